The first-order valence-corrected chi connectivity index (χ1v) is 6.53. The second kappa shape index (κ2) is 8.56. The molecule has 0 heterocycles. The second-order valence-corrected chi connectivity index (χ2v) is 4.12. The number of hydrogen-bond donors (Lipinski definition) is 1. The molecule has 1 rings (SSSR count). The van der Waals surface area contributed by atoms with Crippen LogP contribution in [0.3, 0.4) is 0 Å². The van der Waals surface area contributed by atoms with E-state index in [4.69, 9.17) is 4.74 Å². The highest BCUT2D eigenvalue weighted by Gasteiger charge is 2.06. The van der Waals surface area contributed by atoms with Crippen molar-refractivity contribution in [3.05, 3.63) is 36.2 Å². The average molecular weight is 251 g/mol. The Bertz CT molecular complexity index is 377. The number of nitrogens with one attached hydrogen (secondary N) is 1. The number of unbranched alkanes of at least 4 members (excludes halogenated alkanes) is 2. The molecule has 0 unspecified atom stereocenters. The number of benzene rings is 1. The van der Waals surface area contributed by atoms with Crippen LogP contribution < -0.4 is 10.1 Å². The summed E-state index contributed by atoms with van der Waals surface area (Å²) < 4.78 is 19.2. The summed E-state index contributed by atoms with van der Waals surface area (Å²) >= 11 is 0. The quantitative estimate of drug-likeness (QED) is 0.546. The largest absolute Gasteiger partial charge is 0.490 e. The van der Waals surface area contributed by atoms with Crippen molar-refractivity contribution in [1.82, 2.24) is 0 Å². The van der Waals surface area contributed by atoms with E-state index in [0.717, 1.165) is 12.8 Å². The molecule has 0 bridgehead atoms. The normalized spacial score (nSPS) is 10.8. The van der Waals surface area contributed by atoms with Gasteiger partial charge in [-0.1, -0.05) is 38.0 Å². The number of halogens is 1. The monoisotopic (exact) mass is 251 g/mol. The zero-order valence-electron chi connectivity index (χ0n) is 11.2. The Labute approximate surface area is 109 Å². The summed E-state index contributed by atoms with van der Waals surface area (Å²) in [4.78, 5) is 0. The lowest BCUT2D eigenvalue weighted by atomic mass is 10.2. The van der Waals surface area contributed by atoms with E-state index in [1.54, 1.807) is 25.2 Å². The molecule has 100 valence electrons. The summed E-state index contributed by atoms with van der Waals surface area (Å²) in [5, 5.41) is 2.79. The molecule has 18 heavy (non-hydrogen) atoms. The van der Waals surface area contributed by atoms with Crippen LogP contribution in [-0.2, 0) is 0 Å². The first-order chi connectivity index (χ1) is 8.79. The minimum atomic E-state index is -0.324. The summed E-state index contributed by atoms with van der Waals surface area (Å²) in [5.74, 6) is -0.0150. The minimum Gasteiger partial charge on any atom is -0.490 e. The fourth-order valence-corrected chi connectivity index (χ4v) is 1.61. The number of hydrogen-bond acceptors (Lipinski definition) is 2. The smallest absolute Gasteiger partial charge is 0.188 e. The van der Waals surface area contributed by atoms with Gasteiger partial charge in [0.2, 0.25) is 0 Å². The number of rotatable bonds is 8. The molecule has 2 nitrogen and oxygen atoms in total. The lowest BCUT2D eigenvalue weighted by molar-refractivity contribution is 0.308. The molecule has 0 saturated carbocycles. The predicted molar refractivity (Wildman–Crippen MR) is 74.7 cm³/mol. The van der Waals surface area contributed by atoms with Crippen molar-refractivity contribution < 1.29 is 9.13 Å². The first-order valence-electron chi connectivity index (χ1n) is 6.53. The van der Waals surface area contributed by atoms with Crippen LogP contribution in [0.2, 0.25) is 0 Å². The van der Waals surface area contributed by atoms with E-state index in [1.807, 2.05) is 0 Å². The molecule has 0 radical (unpaired) electrons. The fourth-order valence-electron chi connectivity index (χ4n) is 1.61. The Kier molecular flexibility index (Phi) is 6.92. The molecule has 0 amide bonds. The van der Waals surface area contributed by atoms with Gasteiger partial charge in [0.15, 0.2) is 11.6 Å². The van der Waals surface area contributed by atoms with Gasteiger partial charge in [-0.25, -0.2) is 4.39 Å². The van der Waals surface area contributed by atoms with Crippen molar-refractivity contribution in [3.8, 4) is 5.75 Å². The Morgan fingerprint density at radius 1 is 1.28 bits per heavy atom. The van der Waals surface area contributed by atoms with Gasteiger partial charge in [-0.05, 0) is 25.0 Å². The molecule has 0 aliphatic rings. The average Bonchev–Trinajstić information content (AvgIpc) is 2.39. The molecule has 0 saturated heterocycles. The molecule has 0 aliphatic heterocycles. The molecule has 1 N–H and O–H groups in total. The lowest BCUT2D eigenvalue weighted by Crippen LogP contribution is -2.00. The summed E-state index contributed by atoms with van der Waals surface area (Å²) in [6.07, 6.45) is 8.61. The summed E-state index contributed by atoms with van der Waals surface area (Å²) in [6, 6.07) is 5.12. The number of anilines is 1. The van der Waals surface area contributed by atoms with Crippen molar-refractivity contribution in [2.24, 2.45) is 0 Å². The fraction of sp³-hybridized carbons (Fsp3) is 0.467. The van der Waals surface area contributed by atoms with Gasteiger partial charge in [0.25, 0.3) is 0 Å². The maximum atomic E-state index is 13.7. The standard InChI is InChI=1S/C15H22FNO/c1-3-4-5-6-7-8-12-18-14-11-9-10-13(17-2)15(14)16/h6-7,9-11,17H,3-5,8,12H2,1-2H3/b7-6+. The van der Waals surface area contributed by atoms with Crippen LogP contribution in [0.25, 0.3) is 0 Å². The minimum absolute atomic E-state index is 0.309. The van der Waals surface area contributed by atoms with Gasteiger partial charge in [0, 0.05) is 7.05 Å². The predicted octanol–water partition coefficient (Wildman–Crippen LogP) is 4.38. The van der Waals surface area contributed by atoms with Crippen LogP contribution in [-0.4, -0.2) is 13.7 Å². The maximum Gasteiger partial charge on any atom is 0.188 e. The Balaban J connectivity index is 2.33. The van der Waals surface area contributed by atoms with Gasteiger partial charge in [0.05, 0.1) is 12.3 Å². The summed E-state index contributed by atoms with van der Waals surface area (Å²) in [5.41, 5.74) is 0.464. The Morgan fingerprint density at radius 2 is 2.06 bits per heavy atom. The molecule has 1 aromatic rings. The van der Waals surface area contributed by atoms with Crippen molar-refractivity contribution in [2.45, 2.75) is 32.6 Å². The van der Waals surface area contributed by atoms with Crippen LogP contribution in [0, 0.1) is 5.82 Å². The Hall–Kier alpha value is -1.51. The van der Waals surface area contributed by atoms with Gasteiger partial charge in [-0.15, -0.1) is 0 Å². The molecule has 3 heteroatoms. The second-order valence-electron chi connectivity index (χ2n) is 4.12. The molecule has 0 aromatic heterocycles. The molecule has 0 atom stereocenters. The highest BCUT2D eigenvalue weighted by molar-refractivity contribution is 5.49. The third kappa shape index (κ3) is 4.78. The SMILES string of the molecule is CCCC/C=C/CCOc1cccc(NC)c1F. The zero-order valence-corrected chi connectivity index (χ0v) is 11.2. The van der Waals surface area contributed by atoms with E-state index in [1.165, 1.54) is 12.8 Å². The highest BCUT2D eigenvalue weighted by atomic mass is 19.1. The topological polar surface area (TPSA) is 21.3 Å². The zero-order chi connectivity index (χ0) is 13.2. The van der Waals surface area contributed by atoms with Gasteiger partial charge in [0.1, 0.15) is 0 Å². The van der Waals surface area contributed by atoms with Gasteiger partial charge in [-0.3, -0.25) is 0 Å². The van der Waals surface area contributed by atoms with Crippen LogP contribution in [0.5, 0.6) is 5.75 Å². The highest BCUT2D eigenvalue weighted by Crippen LogP contribution is 2.23. The molecule has 0 fully saturated rings. The van der Waals surface area contributed by atoms with E-state index in [-0.39, 0.29) is 5.82 Å². The van der Waals surface area contributed by atoms with Crippen LogP contribution >= 0.6 is 0 Å². The van der Waals surface area contributed by atoms with E-state index >= 15 is 0 Å². The van der Waals surface area contributed by atoms with Crippen molar-refractivity contribution >= 4 is 5.69 Å². The molecule has 1 aromatic carbocycles. The molecule has 0 aliphatic carbocycles. The first kappa shape index (κ1) is 14.6. The van der Waals surface area contributed by atoms with Gasteiger partial charge in [-0.2, -0.15) is 0 Å². The van der Waals surface area contributed by atoms with E-state index < -0.39 is 0 Å². The van der Waals surface area contributed by atoms with Crippen molar-refractivity contribution in [3.63, 3.8) is 0 Å². The van der Waals surface area contributed by atoms with Gasteiger partial charge < -0.3 is 10.1 Å². The third-order valence-corrected chi connectivity index (χ3v) is 2.67. The maximum absolute atomic E-state index is 13.7. The van der Waals surface area contributed by atoms with Gasteiger partial charge >= 0.3 is 0 Å². The van der Waals surface area contributed by atoms with E-state index in [9.17, 15) is 4.39 Å². The van der Waals surface area contributed by atoms with Crippen molar-refractivity contribution in [1.29, 1.82) is 0 Å². The number of ether oxygens (including phenoxy) is 1. The lowest BCUT2D eigenvalue weighted by Gasteiger charge is -2.08. The summed E-state index contributed by atoms with van der Waals surface area (Å²) in [6.45, 7) is 2.68. The third-order valence-electron chi connectivity index (χ3n) is 2.67. The summed E-state index contributed by atoms with van der Waals surface area (Å²) in [7, 11) is 1.69. The molecular formula is C15H22FNO. The Morgan fingerprint density at radius 3 is 2.78 bits per heavy atom. The molecule has 0 spiro atoms. The van der Waals surface area contributed by atoms with Crippen LogP contribution in [0.15, 0.2) is 30.4 Å². The van der Waals surface area contributed by atoms with Crippen LogP contribution in [0.1, 0.15) is 32.6 Å². The number of allylic oxidation sites excluding steroid dienone is 1. The van der Waals surface area contributed by atoms with E-state index in [2.05, 4.69) is 24.4 Å². The van der Waals surface area contributed by atoms with Crippen molar-refractivity contribution in [2.75, 3.05) is 19.0 Å². The van der Waals surface area contributed by atoms with E-state index in [0.29, 0.717) is 18.0 Å². The molecular weight excluding hydrogens is 229 g/mol. The van der Waals surface area contributed by atoms with Crippen LogP contribution in [0.4, 0.5) is 10.1 Å².